The van der Waals surface area contributed by atoms with Crippen molar-refractivity contribution in [2.45, 2.75) is 33.7 Å². The average molecular weight is 248 g/mol. The van der Waals surface area contributed by atoms with Gasteiger partial charge in [0.05, 0.1) is 6.33 Å². The molecule has 0 saturated carbocycles. The standard InChI is InChI=1S/C12H20N6/c1-7(2)5-18(8(3)4)11-9-10(15-6-14-9)16-12(13)17-11/h6-8H,5H2,1-4H3,(H3,13,14,15,16,17). The van der Waals surface area contributed by atoms with E-state index in [4.69, 9.17) is 5.73 Å². The predicted octanol–water partition coefficient (Wildman–Crippen LogP) is 1.81. The highest BCUT2D eigenvalue weighted by Crippen LogP contribution is 2.24. The lowest BCUT2D eigenvalue weighted by Crippen LogP contribution is -2.35. The first-order valence-corrected chi connectivity index (χ1v) is 6.22. The van der Waals surface area contributed by atoms with Gasteiger partial charge in [-0.1, -0.05) is 13.8 Å². The van der Waals surface area contributed by atoms with Gasteiger partial charge in [-0.2, -0.15) is 9.97 Å². The summed E-state index contributed by atoms with van der Waals surface area (Å²) in [5, 5.41) is 0. The lowest BCUT2D eigenvalue weighted by atomic mass is 10.2. The van der Waals surface area contributed by atoms with Crippen LogP contribution in [0.5, 0.6) is 0 Å². The summed E-state index contributed by atoms with van der Waals surface area (Å²) in [5.41, 5.74) is 7.21. The molecule has 2 heterocycles. The Hall–Kier alpha value is -1.85. The third kappa shape index (κ3) is 2.37. The Labute approximate surface area is 107 Å². The van der Waals surface area contributed by atoms with Crippen molar-refractivity contribution in [3.05, 3.63) is 6.33 Å². The number of imidazole rings is 1. The van der Waals surface area contributed by atoms with E-state index in [0.717, 1.165) is 17.9 Å². The van der Waals surface area contributed by atoms with Crippen LogP contribution in [0.2, 0.25) is 0 Å². The number of nitrogens with zero attached hydrogens (tertiary/aromatic N) is 4. The van der Waals surface area contributed by atoms with Crippen LogP contribution in [0.15, 0.2) is 6.33 Å². The summed E-state index contributed by atoms with van der Waals surface area (Å²) in [6.07, 6.45) is 1.62. The first kappa shape index (κ1) is 12.6. The minimum absolute atomic E-state index is 0.263. The van der Waals surface area contributed by atoms with Crippen molar-refractivity contribution in [3.63, 3.8) is 0 Å². The van der Waals surface area contributed by atoms with Crippen molar-refractivity contribution >= 4 is 22.9 Å². The molecule has 2 aromatic heterocycles. The fourth-order valence-corrected chi connectivity index (χ4v) is 1.98. The molecule has 2 rings (SSSR count). The number of fused-ring (bicyclic) bond motifs is 1. The van der Waals surface area contributed by atoms with Crippen LogP contribution in [0.3, 0.4) is 0 Å². The predicted molar refractivity (Wildman–Crippen MR) is 73.4 cm³/mol. The van der Waals surface area contributed by atoms with Crippen LogP contribution < -0.4 is 10.6 Å². The fraction of sp³-hybridized carbons (Fsp3) is 0.583. The Kier molecular flexibility index (Phi) is 3.36. The Morgan fingerprint density at radius 1 is 1.28 bits per heavy atom. The van der Waals surface area contributed by atoms with Gasteiger partial charge in [-0.15, -0.1) is 0 Å². The minimum atomic E-state index is 0.263. The van der Waals surface area contributed by atoms with Gasteiger partial charge in [0.25, 0.3) is 0 Å². The zero-order valence-electron chi connectivity index (χ0n) is 11.3. The molecule has 0 amide bonds. The molecule has 0 aromatic carbocycles. The number of aromatic nitrogens is 4. The molecule has 0 aliphatic heterocycles. The fourth-order valence-electron chi connectivity index (χ4n) is 1.98. The van der Waals surface area contributed by atoms with Crippen LogP contribution in [-0.4, -0.2) is 32.5 Å². The van der Waals surface area contributed by atoms with E-state index in [-0.39, 0.29) is 5.95 Å². The molecular weight excluding hydrogens is 228 g/mol. The molecule has 0 atom stereocenters. The molecule has 0 fully saturated rings. The Morgan fingerprint density at radius 3 is 2.61 bits per heavy atom. The molecular formula is C12H20N6. The number of nitrogens with two attached hydrogens (primary N) is 1. The number of anilines is 2. The van der Waals surface area contributed by atoms with E-state index >= 15 is 0 Å². The van der Waals surface area contributed by atoms with Gasteiger partial charge in [-0.3, -0.25) is 0 Å². The van der Waals surface area contributed by atoms with Crippen molar-refractivity contribution in [3.8, 4) is 0 Å². The maximum atomic E-state index is 5.75. The SMILES string of the molecule is CC(C)CN(c1nc(N)nc2nc[nH]c12)C(C)C. The Balaban J connectivity index is 2.52. The highest BCUT2D eigenvalue weighted by Gasteiger charge is 2.19. The van der Waals surface area contributed by atoms with E-state index in [1.807, 2.05) is 0 Å². The monoisotopic (exact) mass is 248 g/mol. The first-order chi connectivity index (χ1) is 8.49. The Bertz CT molecular complexity index is 530. The van der Waals surface area contributed by atoms with Crippen LogP contribution in [0, 0.1) is 5.92 Å². The van der Waals surface area contributed by atoms with Gasteiger partial charge in [0.2, 0.25) is 5.95 Å². The topological polar surface area (TPSA) is 83.7 Å². The van der Waals surface area contributed by atoms with Crippen molar-refractivity contribution in [1.82, 2.24) is 19.9 Å². The van der Waals surface area contributed by atoms with E-state index in [1.165, 1.54) is 0 Å². The van der Waals surface area contributed by atoms with Crippen LogP contribution in [0.4, 0.5) is 11.8 Å². The average Bonchev–Trinajstić information content (AvgIpc) is 2.71. The molecule has 0 bridgehead atoms. The zero-order valence-corrected chi connectivity index (χ0v) is 11.3. The van der Waals surface area contributed by atoms with Crippen LogP contribution in [-0.2, 0) is 0 Å². The summed E-state index contributed by atoms with van der Waals surface area (Å²) in [4.78, 5) is 17.9. The molecule has 0 saturated heterocycles. The van der Waals surface area contributed by atoms with Gasteiger partial charge in [0.1, 0.15) is 5.52 Å². The van der Waals surface area contributed by atoms with Crippen molar-refractivity contribution in [2.75, 3.05) is 17.2 Å². The van der Waals surface area contributed by atoms with Gasteiger partial charge in [-0.25, -0.2) is 4.98 Å². The summed E-state index contributed by atoms with van der Waals surface area (Å²) < 4.78 is 0. The number of hydrogen-bond donors (Lipinski definition) is 2. The lowest BCUT2D eigenvalue weighted by Gasteiger charge is -2.29. The number of hydrogen-bond acceptors (Lipinski definition) is 5. The first-order valence-electron chi connectivity index (χ1n) is 6.22. The smallest absolute Gasteiger partial charge is 0.224 e. The number of rotatable bonds is 4. The highest BCUT2D eigenvalue weighted by molar-refractivity contribution is 5.84. The largest absolute Gasteiger partial charge is 0.368 e. The quantitative estimate of drug-likeness (QED) is 0.862. The molecule has 2 aromatic rings. The summed E-state index contributed by atoms with van der Waals surface area (Å²) in [6, 6.07) is 0.341. The normalized spacial score (nSPS) is 11.7. The second-order valence-corrected chi connectivity index (χ2v) is 5.15. The van der Waals surface area contributed by atoms with Crippen molar-refractivity contribution < 1.29 is 0 Å². The molecule has 0 aliphatic rings. The third-order valence-electron chi connectivity index (χ3n) is 2.74. The zero-order chi connectivity index (χ0) is 13.3. The molecule has 6 heteroatoms. The van der Waals surface area contributed by atoms with Gasteiger partial charge in [0.15, 0.2) is 11.5 Å². The van der Waals surface area contributed by atoms with Gasteiger partial charge >= 0.3 is 0 Å². The van der Waals surface area contributed by atoms with E-state index in [1.54, 1.807) is 6.33 Å². The molecule has 0 spiro atoms. The highest BCUT2D eigenvalue weighted by atomic mass is 15.2. The molecule has 0 aliphatic carbocycles. The van der Waals surface area contributed by atoms with Gasteiger partial charge < -0.3 is 15.6 Å². The summed E-state index contributed by atoms with van der Waals surface area (Å²) in [6.45, 7) is 9.57. The summed E-state index contributed by atoms with van der Waals surface area (Å²) >= 11 is 0. The van der Waals surface area contributed by atoms with Crippen molar-refractivity contribution in [2.24, 2.45) is 5.92 Å². The van der Waals surface area contributed by atoms with Crippen LogP contribution in [0.1, 0.15) is 27.7 Å². The minimum Gasteiger partial charge on any atom is -0.368 e. The third-order valence-corrected chi connectivity index (χ3v) is 2.74. The lowest BCUT2D eigenvalue weighted by molar-refractivity contribution is 0.567. The van der Waals surface area contributed by atoms with Gasteiger partial charge in [-0.05, 0) is 19.8 Å². The molecule has 6 nitrogen and oxygen atoms in total. The second kappa shape index (κ2) is 4.80. The maximum absolute atomic E-state index is 5.75. The Morgan fingerprint density at radius 2 is 2.00 bits per heavy atom. The van der Waals surface area contributed by atoms with E-state index in [0.29, 0.717) is 17.6 Å². The number of nitrogen functional groups attached to an aromatic ring is 1. The van der Waals surface area contributed by atoms with Crippen LogP contribution in [0.25, 0.3) is 11.2 Å². The molecule has 0 unspecified atom stereocenters. The van der Waals surface area contributed by atoms with E-state index < -0.39 is 0 Å². The summed E-state index contributed by atoms with van der Waals surface area (Å²) in [7, 11) is 0. The molecule has 3 N–H and O–H groups in total. The molecule has 0 radical (unpaired) electrons. The van der Waals surface area contributed by atoms with E-state index in [9.17, 15) is 0 Å². The number of aromatic amines is 1. The number of H-pyrrole nitrogens is 1. The summed E-state index contributed by atoms with van der Waals surface area (Å²) in [5.74, 6) is 1.64. The van der Waals surface area contributed by atoms with Crippen molar-refractivity contribution in [1.29, 1.82) is 0 Å². The molecule has 18 heavy (non-hydrogen) atoms. The number of nitrogens with one attached hydrogen (secondary N) is 1. The second-order valence-electron chi connectivity index (χ2n) is 5.15. The van der Waals surface area contributed by atoms with Crippen LogP contribution >= 0.6 is 0 Å². The molecule has 98 valence electrons. The van der Waals surface area contributed by atoms with Gasteiger partial charge in [0, 0.05) is 12.6 Å². The maximum Gasteiger partial charge on any atom is 0.224 e. The van der Waals surface area contributed by atoms with E-state index in [2.05, 4.69) is 52.5 Å².